The van der Waals surface area contributed by atoms with E-state index in [1.165, 1.54) is 0 Å². The molecule has 0 aliphatic carbocycles. The Bertz CT molecular complexity index is 734. The van der Waals surface area contributed by atoms with Gasteiger partial charge in [-0.25, -0.2) is 0 Å². The first-order chi connectivity index (χ1) is 11.2. The summed E-state index contributed by atoms with van der Waals surface area (Å²) in [6.07, 6.45) is 0.461. The summed E-state index contributed by atoms with van der Waals surface area (Å²) in [4.78, 5) is 23.7. The molecule has 5 heteroatoms. The monoisotopic (exact) mass is 312 g/mol. The van der Waals surface area contributed by atoms with Crippen molar-refractivity contribution in [2.75, 3.05) is 13.4 Å². The molecule has 0 saturated heterocycles. The van der Waals surface area contributed by atoms with Gasteiger partial charge in [0.2, 0.25) is 6.79 Å². The van der Waals surface area contributed by atoms with Gasteiger partial charge in [0.1, 0.15) is 5.75 Å². The normalized spacial score (nSPS) is 12.0. The second-order valence-electron chi connectivity index (χ2n) is 5.08. The van der Waals surface area contributed by atoms with E-state index >= 15 is 0 Å². The predicted octanol–water partition coefficient (Wildman–Crippen LogP) is 3.27. The first-order valence-electron chi connectivity index (χ1n) is 7.36. The Balaban J connectivity index is 1.61. The quantitative estimate of drug-likeness (QED) is 0.766. The SMILES string of the molecule is CCC(=O)c1ccc(OCC(=O)c2ccc3c(c2)OCO3)cc1. The number of ether oxygens (including phenoxy) is 3. The van der Waals surface area contributed by atoms with Crippen molar-refractivity contribution < 1.29 is 23.8 Å². The highest BCUT2D eigenvalue weighted by atomic mass is 16.7. The lowest BCUT2D eigenvalue weighted by atomic mass is 10.1. The summed E-state index contributed by atoms with van der Waals surface area (Å²) >= 11 is 0. The summed E-state index contributed by atoms with van der Waals surface area (Å²) in [5.41, 5.74) is 1.15. The molecule has 1 aliphatic rings. The topological polar surface area (TPSA) is 61.8 Å². The maximum absolute atomic E-state index is 12.2. The highest BCUT2D eigenvalue weighted by molar-refractivity contribution is 5.98. The van der Waals surface area contributed by atoms with Crippen molar-refractivity contribution >= 4 is 11.6 Å². The molecule has 118 valence electrons. The minimum absolute atomic E-state index is 0.0768. The van der Waals surface area contributed by atoms with Gasteiger partial charge in [0.25, 0.3) is 0 Å². The van der Waals surface area contributed by atoms with Crippen LogP contribution >= 0.6 is 0 Å². The fourth-order valence-corrected chi connectivity index (χ4v) is 2.24. The summed E-state index contributed by atoms with van der Waals surface area (Å²) in [6.45, 7) is 1.91. The van der Waals surface area contributed by atoms with E-state index in [4.69, 9.17) is 14.2 Å². The number of Topliss-reactive ketones (excluding diaryl/α,β-unsaturated/α-hetero) is 2. The van der Waals surface area contributed by atoms with Gasteiger partial charge in [-0.1, -0.05) is 6.92 Å². The van der Waals surface area contributed by atoms with Gasteiger partial charge in [-0.2, -0.15) is 0 Å². The molecular formula is C18H16O5. The zero-order valence-electron chi connectivity index (χ0n) is 12.7. The minimum atomic E-state index is -0.156. The van der Waals surface area contributed by atoms with Crippen LogP contribution in [0, 0.1) is 0 Å². The molecule has 23 heavy (non-hydrogen) atoms. The Kier molecular flexibility index (Phi) is 4.28. The summed E-state index contributed by atoms with van der Waals surface area (Å²) in [7, 11) is 0. The van der Waals surface area contributed by atoms with Crippen LogP contribution in [0.1, 0.15) is 34.1 Å². The van der Waals surface area contributed by atoms with Crippen molar-refractivity contribution in [1.29, 1.82) is 0 Å². The van der Waals surface area contributed by atoms with E-state index in [1.807, 2.05) is 6.92 Å². The second kappa shape index (κ2) is 6.52. The van der Waals surface area contributed by atoms with Crippen LogP contribution in [-0.2, 0) is 0 Å². The molecule has 0 saturated carbocycles. The van der Waals surface area contributed by atoms with E-state index in [0.29, 0.717) is 34.8 Å². The van der Waals surface area contributed by atoms with Crippen molar-refractivity contribution in [3.05, 3.63) is 53.6 Å². The molecule has 5 nitrogen and oxygen atoms in total. The third-order valence-electron chi connectivity index (χ3n) is 3.56. The Morgan fingerprint density at radius 3 is 2.39 bits per heavy atom. The van der Waals surface area contributed by atoms with Gasteiger partial charge in [0.05, 0.1) is 0 Å². The van der Waals surface area contributed by atoms with Gasteiger partial charge in [-0.05, 0) is 42.5 Å². The number of rotatable bonds is 6. The van der Waals surface area contributed by atoms with Crippen molar-refractivity contribution in [2.24, 2.45) is 0 Å². The zero-order chi connectivity index (χ0) is 16.2. The number of hydrogen-bond donors (Lipinski definition) is 0. The lowest BCUT2D eigenvalue weighted by molar-refractivity contribution is 0.0919. The summed E-state index contributed by atoms with van der Waals surface area (Å²) < 4.78 is 15.9. The van der Waals surface area contributed by atoms with E-state index < -0.39 is 0 Å². The molecule has 0 amide bonds. The summed E-state index contributed by atoms with van der Waals surface area (Å²) in [6, 6.07) is 11.8. The average molecular weight is 312 g/mol. The largest absolute Gasteiger partial charge is 0.485 e. The highest BCUT2D eigenvalue weighted by Crippen LogP contribution is 2.32. The van der Waals surface area contributed by atoms with Crippen LogP contribution in [0.25, 0.3) is 0 Å². The third kappa shape index (κ3) is 3.34. The van der Waals surface area contributed by atoms with Gasteiger partial charge in [-0.15, -0.1) is 0 Å². The molecule has 0 bridgehead atoms. The van der Waals surface area contributed by atoms with E-state index in [0.717, 1.165) is 0 Å². The molecule has 0 fully saturated rings. The van der Waals surface area contributed by atoms with Crippen molar-refractivity contribution in [3.8, 4) is 17.2 Å². The molecule has 0 aromatic heterocycles. The van der Waals surface area contributed by atoms with Crippen molar-refractivity contribution in [2.45, 2.75) is 13.3 Å². The first-order valence-corrected chi connectivity index (χ1v) is 7.36. The summed E-state index contributed by atoms with van der Waals surface area (Å²) in [5.74, 6) is 1.67. The van der Waals surface area contributed by atoms with E-state index in [-0.39, 0.29) is 25.0 Å². The zero-order valence-corrected chi connectivity index (χ0v) is 12.7. The molecule has 0 unspecified atom stereocenters. The van der Waals surface area contributed by atoms with Crippen LogP contribution in [-0.4, -0.2) is 25.0 Å². The Hall–Kier alpha value is -2.82. The van der Waals surface area contributed by atoms with Crippen molar-refractivity contribution in [3.63, 3.8) is 0 Å². The van der Waals surface area contributed by atoms with Crippen LogP contribution in [0.15, 0.2) is 42.5 Å². The van der Waals surface area contributed by atoms with Gasteiger partial charge >= 0.3 is 0 Å². The van der Waals surface area contributed by atoms with Gasteiger partial charge in [0.15, 0.2) is 29.7 Å². The maximum atomic E-state index is 12.2. The second-order valence-corrected chi connectivity index (χ2v) is 5.08. The third-order valence-corrected chi connectivity index (χ3v) is 3.56. The smallest absolute Gasteiger partial charge is 0.231 e. The van der Waals surface area contributed by atoms with Crippen LogP contribution in [0.5, 0.6) is 17.2 Å². The fraction of sp³-hybridized carbons (Fsp3) is 0.222. The Labute approximate surface area is 133 Å². The van der Waals surface area contributed by atoms with Gasteiger partial charge < -0.3 is 14.2 Å². The molecule has 1 heterocycles. The Morgan fingerprint density at radius 2 is 1.65 bits per heavy atom. The van der Waals surface area contributed by atoms with Crippen LogP contribution < -0.4 is 14.2 Å². The number of carbonyl (C=O) groups is 2. The van der Waals surface area contributed by atoms with Crippen LogP contribution in [0.4, 0.5) is 0 Å². The molecule has 2 aromatic carbocycles. The average Bonchev–Trinajstić information content (AvgIpc) is 3.07. The molecule has 1 aliphatic heterocycles. The molecule has 2 aromatic rings. The number of carbonyl (C=O) groups excluding carboxylic acids is 2. The Morgan fingerprint density at radius 1 is 0.957 bits per heavy atom. The molecule has 3 rings (SSSR count). The van der Waals surface area contributed by atoms with Gasteiger partial charge in [-0.3, -0.25) is 9.59 Å². The van der Waals surface area contributed by atoms with Crippen LogP contribution in [0.2, 0.25) is 0 Å². The lowest BCUT2D eigenvalue weighted by Crippen LogP contribution is -2.11. The first kappa shape index (κ1) is 15.1. The molecule has 0 spiro atoms. The maximum Gasteiger partial charge on any atom is 0.231 e. The number of fused-ring (bicyclic) bond motifs is 1. The summed E-state index contributed by atoms with van der Waals surface area (Å²) in [5, 5.41) is 0. The van der Waals surface area contributed by atoms with E-state index in [1.54, 1.807) is 42.5 Å². The van der Waals surface area contributed by atoms with E-state index in [9.17, 15) is 9.59 Å². The van der Waals surface area contributed by atoms with Crippen molar-refractivity contribution in [1.82, 2.24) is 0 Å². The minimum Gasteiger partial charge on any atom is -0.485 e. The highest BCUT2D eigenvalue weighted by Gasteiger charge is 2.16. The fourth-order valence-electron chi connectivity index (χ4n) is 2.24. The molecular weight excluding hydrogens is 296 g/mol. The predicted molar refractivity (Wildman–Crippen MR) is 83.5 cm³/mol. The standard InChI is InChI=1S/C18H16O5/c1-2-15(19)12-3-6-14(7-4-12)21-10-16(20)13-5-8-17-18(9-13)23-11-22-17/h3-9H,2,10-11H2,1H3. The number of benzene rings is 2. The van der Waals surface area contributed by atoms with E-state index in [2.05, 4.69) is 0 Å². The molecule has 0 N–H and O–H groups in total. The van der Waals surface area contributed by atoms with Crippen LogP contribution in [0.3, 0.4) is 0 Å². The number of hydrogen-bond acceptors (Lipinski definition) is 5. The molecule has 0 atom stereocenters. The lowest BCUT2D eigenvalue weighted by Gasteiger charge is -2.07. The number of ketones is 2. The van der Waals surface area contributed by atoms with Gasteiger partial charge in [0, 0.05) is 17.5 Å². The molecule has 0 radical (unpaired) electrons.